The summed E-state index contributed by atoms with van der Waals surface area (Å²) in [6.07, 6.45) is 20.9. The van der Waals surface area contributed by atoms with E-state index in [4.69, 9.17) is 67.6 Å². The molecule has 10 aromatic heterocycles. The molecule has 0 atom stereocenters. The first kappa shape index (κ1) is 87.0. The number of nitrogens with two attached hydrogens (primary N) is 5. The third kappa shape index (κ3) is 19.0. The zero-order valence-electron chi connectivity index (χ0n) is 71.9. The normalized spacial score (nSPS) is 11.4. The molecule has 0 saturated carbocycles. The molecule has 17 aromatic rings. The molecule has 0 unspecified atom stereocenters. The topological polar surface area (TPSA) is 423 Å². The fourth-order valence-electron chi connectivity index (χ4n) is 16.1. The average Bonchev–Trinajstić information content (AvgIpc) is 1.63. The molecule has 0 fully saturated rings. The number of fused-ring (bicyclic) bond motifs is 13. The molecule has 10 heterocycles. The van der Waals surface area contributed by atoms with Crippen molar-refractivity contribution in [3.8, 4) is 5.75 Å². The highest BCUT2D eigenvalue weighted by atomic mass is 16.5. The standard InChI is InChI=1S/C26H27N5O2.C25H29N5O2.C24H26N4O3.C21H24N6O2/c1-3-4-9-22-30-23-24(19-11-10-16(26(32)33-2)14-21(19)29-25(23)27)31(22)13-12-17-15-28-20-8-6-5-7-18(17)20;1-3-4-5-21-29-22-23(30(21)13-12-16-6-8-17(15-26)9-7-16)19-11-10-18(25(31)32-2)14-20(19)28-24(22)27;1-3-4-5-20-27-21-22(28(20)13-12-15-6-9-17(29)10-7-15)18-11-8-16(24(30)31-2)14-19(18)26-23(21)25;1-3-4-5-17-26-18-19(27(17)9-8-14-11-23-12-24-14)15-7-6-13(21(28)29-2)10-16(15)25-20(18)22/h5-8,10-11,14-15,28H,3-4,9,12-13H2,1-2H3,(H2,27,29);6-11,14H,3-5,12-13,15,26H2,1-2H3,(H2,27,28);6-11,14,29H,3-5,12-13H2,1-2H3,(H2,25,26);6-7,10-12H,3-5,8-9H2,1-2H3,(H2,22,25)(H,23,24). The first-order chi connectivity index (χ1) is 60.8. The molecule has 0 amide bonds. The van der Waals surface area contributed by atoms with Crippen molar-refractivity contribution in [2.24, 2.45) is 5.73 Å². The van der Waals surface area contributed by atoms with Gasteiger partial charge in [0.15, 0.2) is 23.3 Å². The van der Waals surface area contributed by atoms with Crippen LogP contribution in [-0.2, 0) is 103 Å². The number of hydrogen-bond donors (Lipinski definition) is 8. The maximum absolute atomic E-state index is 12.0. The van der Waals surface area contributed by atoms with Crippen LogP contribution in [0.25, 0.3) is 98.6 Å². The number of nitrogens with zero attached hydrogens (tertiary/aromatic N) is 13. The van der Waals surface area contributed by atoms with Crippen molar-refractivity contribution in [3.63, 3.8) is 0 Å². The Hall–Kier alpha value is -14.4. The SMILES string of the molecule is CCCCc1nc2c(N)nc3cc(C(=O)OC)ccc3c2n1CCc1c[nH]c2ccccc12.CCCCc1nc2c(N)nc3cc(C(=O)OC)ccc3c2n1CCc1ccc(CN)cc1.CCCCc1nc2c(N)nc3cc(C(=O)OC)ccc3c2n1CCc1ccc(O)cc1.CCCCc1nc2c(N)nc3cc(C(=O)OC)ccc3c2n1CCc1cnc[nH]1. The Morgan fingerprint density at radius 1 is 0.376 bits per heavy atom. The second kappa shape index (κ2) is 39.7. The number of nitrogens with one attached hydrogen (secondary N) is 2. The lowest BCUT2D eigenvalue weighted by molar-refractivity contribution is 0.0592. The number of pyridine rings is 4. The van der Waals surface area contributed by atoms with Crippen LogP contribution in [0.3, 0.4) is 0 Å². The third-order valence-electron chi connectivity index (χ3n) is 22.7. The van der Waals surface area contributed by atoms with Crippen molar-refractivity contribution in [1.82, 2.24) is 73.1 Å². The Morgan fingerprint density at radius 3 is 1.03 bits per heavy atom. The molecule has 0 aliphatic heterocycles. The van der Waals surface area contributed by atoms with Gasteiger partial charge in [0.1, 0.15) is 51.1 Å². The van der Waals surface area contributed by atoms with Crippen molar-refractivity contribution < 1.29 is 43.2 Å². The van der Waals surface area contributed by atoms with E-state index < -0.39 is 23.9 Å². The number of aryl methyl sites for hydroxylation is 12. The van der Waals surface area contributed by atoms with E-state index >= 15 is 0 Å². The average molecular weight is 1680 g/mol. The van der Waals surface area contributed by atoms with E-state index in [2.05, 4.69) is 130 Å². The number of aromatic amines is 2. The van der Waals surface area contributed by atoms with Crippen LogP contribution in [0, 0.1) is 0 Å². The van der Waals surface area contributed by atoms with E-state index in [1.54, 1.807) is 67.0 Å². The molecule has 0 saturated heterocycles. The van der Waals surface area contributed by atoms with Crippen LogP contribution in [0.1, 0.15) is 172 Å². The molecule has 0 aliphatic carbocycles. The molecule has 0 bridgehead atoms. The predicted molar refractivity (Wildman–Crippen MR) is 492 cm³/mol. The van der Waals surface area contributed by atoms with Gasteiger partial charge in [-0.25, -0.2) is 64.0 Å². The summed E-state index contributed by atoms with van der Waals surface area (Å²) in [5.41, 5.74) is 49.0. The third-order valence-corrected chi connectivity index (χ3v) is 22.7. The molecule has 0 spiro atoms. The minimum atomic E-state index is -0.410. The van der Waals surface area contributed by atoms with Crippen molar-refractivity contribution in [3.05, 3.63) is 238 Å². The largest absolute Gasteiger partial charge is 0.508 e. The number of para-hydroxylation sites is 1. The van der Waals surface area contributed by atoms with Crippen LogP contribution < -0.4 is 28.7 Å². The minimum absolute atomic E-state index is 0.256. The van der Waals surface area contributed by atoms with Gasteiger partial charge in [-0.05, 0) is 158 Å². The molecule has 7 aromatic carbocycles. The van der Waals surface area contributed by atoms with Crippen molar-refractivity contribution >= 4 is 146 Å². The van der Waals surface area contributed by atoms with E-state index in [0.29, 0.717) is 90.7 Å². The Morgan fingerprint density at radius 2 is 0.704 bits per heavy atom. The van der Waals surface area contributed by atoms with Crippen molar-refractivity contribution in [1.29, 1.82) is 0 Å². The van der Waals surface area contributed by atoms with Crippen LogP contribution in [0.2, 0.25) is 0 Å². The number of rotatable bonds is 29. The van der Waals surface area contributed by atoms with Gasteiger partial charge in [0.2, 0.25) is 0 Å². The number of phenolic OH excluding ortho intramolecular Hbond substituents is 1. The summed E-state index contributed by atoms with van der Waals surface area (Å²) in [7, 11) is 5.46. The van der Waals surface area contributed by atoms with Gasteiger partial charge in [0, 0.05) is 115 Å². The number of ether oxygens (including phenoxy) is 4. The summed E-state index contributed by atoms with van der Waals surface area (Å²) in [6, 6.07) is 45.6. The van der Waals surface area contributed by atoms with E-state index in [1.165, 1.54) is 45.0 Å². The van der Waals surface area contributed by atoms with Gasteiger partial charge in [-0.1, -0.05) is 108 Å². The maximum Gasteiger partial charge on any atom is 0.337 e. The lowest BCUT2D eigenvalue weighted by Gasteiger charge is -2.12. The molecule has 125 heavy (non-hydrogen) atoms. The molecule has 0 radical (unpaired) electrons. The number of anilines is 4. The van der Waals surface area contributed by atoms with Gasteiger partial charge in [0.05, 0.1) is 101 Å². The highest BCUT2D eigenvalue weighted by Gasteiger charge is 2.25. The van der Waals surface area contributed by atoms with E-state index in [1.807, 2.05) is 48.7 Å². The van der Waals surface area contributed by atoms with Gasteiger partial charge in [-0.2, -0.15) is 0 Å². The van der Waals surface area contributed by atoms with E-state index in [0.717, 1.165) is 224 Å². The van der Waals surface area contributed by atoms with E-state index in [9.17, 15) is 24.3 Å². The quantitative estimate of drug-likeness (QED) is 0.0159. The predicted octanol–water partition coefficient (Wildman–Crippen LogP) is 16.5. The lowest BCUT2D eigenvalue weighted by atomic mass is 10.1. The lowest BCUT2D eigenvalue weighted by Crippen LogP contribution is -2.07. The van der Waals surface area contributed by atoms with Crippen molar-refractivity contribution in [2.75, 3.05) is 51.4 Å². The van der Waals surface area contributed by atoms with Crippen molar-refractivity contribution in [2.45, 2.75) is 163 Å². The first-order valence-corrected chi connectivity index (χ1v) is 42.5. The molecule has 13 N–H and O–H groups in total. The van der Waals surface area contributed by atoms with Gasteiger partial charge in [-0.3, -0.25) is 0 Å². The number of hydrogen-bond acceptors (Lipinski definition) is 23. The number of aromatic hydroxyl groups is 1. The number of nitrogen functional groups attached to an aromatic ring is 4. The van der Waals surface area contributed by atoms with Gasteiger partial charge < -0.3 is 81.0 Å². The number of carbonyl (C=O) groups is 4. The monoisotopic (exact) mass is 1680 g/mol. The van der Waals surface area contributed by atoms with Gasteiger partial charge in [-0.15, -0.1) is 0 Å². The molecular weight excluding hydrogens is 1580 g/mol. The van der Waals surface area contributed by atoms with Crippen LogP contribution in [0.5, 0.6) is 5.75 Å². The summed E-state index contributed by atoms with van der Waals surface area (Å²) in [5.74, 6) is 4.14. The number of benzene rings is 7. The number of aromatic nitrogens is 15. The summed E-state index contributed by atoms with van der Waals surface area (Å²) in [6.45, 7) is 12.2. The van der Waals surface area contributed by atoms with Crippen LogP contribution in [0.15, 0.2) is 164 Å². The van der Waals surface area contributed by atoms with E-state index in [-0.39, 0.29) is 5.75 Å². The second-order valence-corrected chi connectivity index (χ2v) is 30.9. The first-order valence-electron chi connectivity index (χ1n) is 42.5. The number of unbranched alkanes of at least 4 members (excludes halogenated alkanes) is 4. The summed E-state index contributed by atoms with van der Waals surface area (Å²) in [4.78, 5) is 96.1. The fourth-order valence-corrected chi connectivity index (χ4v) is 16.1. The Bertz CT molecular complexity index is 6770. The number of methoxy groups -OCH3 is 4. The highest BCUT2D eigenvalue weighted by molar-refractivity contribution is 6.12. The Labute approximate surface area is 722 Å². The fraction of sp³-hybridized carbons (Fsp3) is 0.302. The molecule has 29 nitrogen and oxygen atoms in total. The van der Waals surface area contributed by atoms with Crippen LogP contribution >= 0.6 is 0 Å². The molecule has 17 rings (SSSR count). The zero-order valence-corrected chi connectivity index (χ0v) is 71.9. The minimum Gasteiger partial charge on any atom is -0.508 e. The highest BCUT2D eigenvalue weighted by Crippen LogP contribution is 2.37. The maximum atomic E-state index is 12.0. The summed E-state index contributed by atoms with van der Waals surface area (Å²) >= 11 is 0. The second-order valence-electron chi connectivity index (χ2n) is 30.9. The summed E-state index contributed by atoms with van der Waals surface area (Å²) in [5, 5.41) is 14.5. The Kier molecular flexibility index (Phi) is 27.6. The molecular formula is C96H106N20O9. The van der Waals surface area contributed by atoms with Crippen LogP contribution in [0.4, 0.5) is 23.3 Å². The number of H-pyrrole nitrogens is 2. The number of esters is 4. The van der Waals surface area contributed by atoms with Gasteiger partial charge >= 0.3 is 23.9 Å². The molecule has 0 aliphatic rings. The zero-order chi connectivity index (χ0) is 88.0. The smallest absolute Gasteiger partial charge is 0.337 e. The molecule has 644 valence electrons. The number of phenols is 1. The van der Waals surface area contributed by atoms with Crippen LogP contribution in [-0.4, -0.2) is 131 Å². The van der Waals surface area contributed by atoms with Gasteiger partial charge in [0.25, 0.3) is 0 Å². The number of imidazole rings is 5. The Balaban J connectivity index is 0.000000136. The molecule has 29 heteroatoms. The number of carbonyl (C=O) groups excluding carboxylic acids is 4. The summed E-state index contributed by atoms with van der Waals surface area (Å²) < 4.78 is 28.4.